The average Bonchev–Trinajstić information content (AvgIpc) is 2.14. The predicted molar refractivity (Wildman–Crippen MR) is 56.5 cm³/mol. The van der Waals surface area contributed by atoms with Crippen molar-refractivity contribution in [1.29, 1.82) is 0 Å². The molecule has 0 radical (unpaired) electrons. The summed E-state index contributed by atoms with van der Waals surface area (Å²) >= 11 is 0. The third-order valence-electron chi connectivity index (χ3n) is 2.00. The molecular weight excluding hydrogens is 180 g/mol. The standard InChI is InChI=1S/C10H22N2O2/c1-4-7-9(10(13)14-6-3)12(11)8-5-2/h9H,4-8,11H2,1-3H3. The van der Waals surface area contributed by atoms with Crippen molar-refractivity contribution in [3.8, 4) is 0 Å². The minimum atomic E-state index is -0.278. The first-order valence-electron chi connectivity index (χ1n) is 5.35. The highest BCUT2D eigenvalue weighted by atomic mass is 16.5. The molecule has 1 atom stereocenters. The van der Waals surface area contributed by atoms with Crippen molar-refractivity contribution in [3.05, 3.63) is 0 Å². The predicted octanol–water partition coefficient (Wildman–Crippen LogP) is 1.30. The highest BCUT2D eigenvalue weighted by Gasteiger charge is 2.23. The molecule has 0 bridgehead atoms. The van der Waals surface area contributed by atoms with Gasteiger partial charge in [-0.15, -0.1) is 0 Å². The Bertz CT molecular complexity index is 162. The molecule has 0 aromatic carbocycles. The zero-order valence-electron chi connectivity index (χ0n) is 9.45. The van der Waals surface area contributed by atoms with Gasteiger partial charge in [-0.05, 0) is 19.8 Å². The van der Waals surface area contributed by atoms with Gasteiger partial charge < -0.3 is 4.74 Å². The van der Waals surface area contributed by atoms with Crippen molar-refractivity contribution in [2.45, 2.75) is 46.1 Å². The van der Waals surface area contributed by atoms with Crippen molar-refractivity contribution in [2.24, 2.45) is 5.84 Å². The Morgan fingerprint density at radius 2 is 2.00 bits per heavy atom. The zero-order valence-corrected chi connectivity index (χ0v) is 9.45. The number of hydrogen-bond donors (Lipinski definition) is 1. The summed E-state index contributed by atoms with van der Waals surface area (Å²) < 4.78 is 4.96. The Hall–Kier alpha value is -0.610. The quantitative estimate of drug-likeness (QED) is 0.384. The van der Waals surface area contributed by atoms with E-state index in [0.29, 0.717) is 6.61 Å². The molecule has 84 valence electrons. The van der Waals surface area contributed by atoms with Gasteiger partial charge >= 0.3 is 5.97 Å². The molecule has 14 heavy (non-hydrogen) atoms. The maximum absolute atomic E-state index is 11.5. The van der Waals surface area contributed by atoms with Crippen LogP contribution in [0.2, 0.25) is 0 Å². The largest absolute Gasteiger partial charge is 0.465 e. The van der Waals surface area contributed by atoms with Crippen molar-refractivity contribution in [2.75, 3.05) is 13.2 Å². The molecule has 4 nitrogen and oxygen atoms in total. The number of hydrogen-bond acceptors (Lipinski definition) is 4. The Morgan fingerprint density at radius 3 is 2.43 bits per heavy atom. The fraction of sp³-hybridized carbons (Fsp3) is 0.900. The molecule has 0 heterocycles. The lowest BCUT2D eigenvalue weighted by Gasteiger charge is -2.24. The summed E-state index contributed by atoms with van der Waals surface area (Å²) in [5.41, 5.74) is 0. The van der Waals surface area contributed by atoms with Crippen molar-refractivity contribution in [3.63, 3.8) is 0 Å². The molecule has 0 aromatic rings. The van der Waals surface area contributed by atoms with Crippen LogP contribution in [0.15, 0.2) is 0 Å². The maximum Gasteiger partial charge on any atom is 0.324 e. The third-order valence-corrected chi connectivity index (χ3v) is 2.00. The summed E-state index contributed by atoms with van der Waals surface area (Å²) in [4.78, 5) is 11.5. The molecule has 0 rings (SSSR count). The molecule has 0 spiro atoms. The maximum atomic E-state index is 11.5. The Kier molecular flexibility index (Phi) is 7.42. The van der Waals surface area contributed by atoms with Crippen LogP contribution in [0, 0.1) is 0 Å². The number of rotatable bonds is 7. The van der Waals surface area contributed by atoms with Gasteiger partial charge in [-0.3, -0.25) is 10.6 Å². The van der Waals surface area contributed by atoms with Crippen LogP contribution in [-0.2, 0) is 9.53 Å². The van der Waals surface area contributed by atoms with Crippen molar-refractivity contribution < 1.29 is 9.53 Å². The number of esters is 1. The topological polar surface area (TPSA) is 55.6 Å². The molecule has 0 fully saturated rings. The number of carbonyl (C=O) groups excluding carboxylic acids is 1. The first-order chi connectivity index (χ1) is 6.67. The van der Waals surface area contributed by atoms with E-state index in [4.69, 9.17) is 10.6 Å². The van der Waals surface area contributed by atoms with E-state index in [1.165, 1.54) is 0 Å². The second kappa shape index (κ2) is 7.76. The molecule has 4 heteroatoms. The van der Waals surface area contributed by atoms with Crippen molar-refractivity contribution >= 4 is 5.97 Å². The second-order valence-corrected chi connectivity index (χ2v) is 3.29. The van der Waals surface area contributed by atoms with Gasteiger partial charge in [-0.1, -0.05) is 20.3 Å². The first kappa shape index (κ1) is 13.4. The van der Waals surface area contributed by atoms with Crippen LogP contribution in [0.25, 0.3) is 0 Å². The van der Waals surface area contributed by atoms with Gasteiger partial charge in [0.15, 0.2) is 0 Å². The average molecular weight is 202 g/mol. The number of ether oxygens (including phenoxy) is 1. The van der Waals surface area contributed by atoms with Crippen LogP contribution < -0.4 is 5.84 Å². The summed E-state index contributed by atoms with van der Waals surface area (Å²) in [6, 6.07) is -0.278. The molecule has 0 aliphatic carbocycles. The van der Waals surface area contributed by atoms with E-state index in [2.05, 4.69) is 0 Å². The van der Waals surface area contributed by atoms with Crippen LogP contribution in [-0.4, -0.2) is 30.2 Å². The summed E-state index contributed by atoms with van der Waals surface area (Å²) in [6.07, 6.45) is 2.63. The first-order valence-corrected chi connectivity index (χ1v) is 5.35. The van der Waals surface area contributed by atoms with E-state index >= 15 is 0 Å². The van der Waals surface area contributed by atoms with Gasteiger partial charge in [0.2, 0.25) is 0 Å². The van der Waals surface area contributed by atoms with E-state index in [1.54, 1.807) is 5.01 Å². The molecule has 0 aromatic heterocycles. The van der Waals surface area contributed by atoms with Crippen LogP contribution >= 0.6 is 0 Å². The monoisotopic (exact) mass is 202 g/mol. The van der Waals surface area contributed by atoms with Gasteiger partial charge in [0.05, 0.1) is 6.61 Å². The number of carbonyl (C=O) groups is 1. The lowest BCUT2D eigenvalue weighted by Crippen LogP contribution is -2.47. The van der Waals surface area contributed by atoms with E-state index in [-0.39, 0.29) is 12.0 Å². The normalized spacial score (nSPS) is 12.9. The SMILES string of the molecule is CCCC(C(=O)OCC)N(N)CCC. The molecule has 2 N–H and O–H groups in total. The fourth-order valence-corrected chi connectivity index (χ4v) is 1.34. The summed E-state index contributed by atoms with van der Waals surface area (Å²) in [5, 5.41) is 1.58. The van der Waals surface area contributed by atoms with Crippen molar-refractivity contribution in [1.82, 2.24) is 5.01 Å². The van der Waals surface area contributed by atoms with E-state index in [0.717, 1.165) is 25.8 Å². The fourth-order valence-electron chi connectivity index (χ4n) is 1.34. The molecular formula is C10H22N2O2. The minimum Gasteiger partial charge on any atom is -0.465 e. The van der Waals surface area contributed by atoms with Crippen LogP contribution in [0.5, 0.6) is 0 Å². The number of nitrogens with zero attached hydrogens (tertiary/aromatic N) is 1. The molecule has 1 unspecified atom stereocenters. The lowest BCUT2D eigenvalue weighted by atomic mass is 10.1. The molecule has 0 aliphatic rings. The van der Waals surface area contributed by atoms with E-state index in [1.807, 2.05) is 20.8 Å². The summed E-state index contributed by atoms with van der Waals surface area (Å²) in [7, 11) is 0. The Labute approximate surface area is 86.4 Å². The van der Waals surface area contributed by atoms with Gasteiger partial charge in [0.1, 0.15) is 6.04 Å². The van der Waals surface area contributed by atoms with Gasteiger partial charge in [0.25, 0.3) is 0 Å². The van der Waals surface area contributed by atoms with Gasteiger partial charge in [0, 0.05) is 6.54 Å². The molecule has 0 amide bonds. The zero-order chi connectivity index (χ0) is 11.0. The van der Waals surface area contributed by atoms with E-state index < -0.39 is 0 Å². The highest BCUT2D eigenvalue weighted by molar-refractivity contribution is 5.75. The highest BCUT2D eigenvalue weighted by Crippen LogP contribution is 2.06. The molecule has 0 saturated carbocycles. The van der Waals surface area contributed by atoms with Crippen LogP contribution in [0.1, 0.15) is 40.0 Å². The molecule has 0 saturated heterocycles. The van der Waals surface area contributed by atoms with Crippen LogP contribution in [0.3, 0.4) is 0 Å². The number of hydrazine groups is 1. The molecule has 0 aliphatic heterocycles. The summed E-state index contributed by atoms with van der Waals surface area (Å²) in [6.45, 7) is 7.02. The van der Waals surface area contributed by atoms with Gasteiger partial charge in [-0.2, -0.15) is 0 Å². The third kappa shape index (κ3) is 4.58. The summed E-state index contributed by atoms with van der Waals surface area (Å²) in [5.74, 6) is 5.57. The van der Waals surface area contributed by atoms with E-state index in [9.17, 15) is 4.79 Å². The second-order valence-electron chi connectivity index (χ2n) is 3.29. The lowest BCUT2D eigenvalue weighted by molar-refractivity contribution is -0.150. The Morgan fingerprint density at radius 1 is 1.36 bits per heavy atom. The number of nitrogens with two attached hydrogens (primary N) is 1. The smallest absolute Gasteiger partial charge is 0.324 e. The van der Waals surface area contributed by atoms with Gasteiger partial charge in [-0.25, -0.2) is 5.01 Å². The minimum absolute atomic E-state index is 0.203. The van der Waals surface area contributed by atoms with Crippen LogP contribution in [0.4, 0.5) is 0 Å². The Balaban J connectivity index is 4.18.